The third kappa shape index (κ3) is 7.48. The quantitative estimate of drug-likeness (QED) is 0.205. The minimum atomic E-state index is -0.202. The van der Waals surface area contributed by atoms with Crippen molar-refractivity contribution in [2.45, 2.75) is 20.3 Å². The van der Waals surface area contributed by atoms with Crippen LogP contribution in [0.15, 0.2) is 39.9 Å². The zero-order valence-corrected chi connectivity index (χ0v) is 19.5. The fourth-order valence-electron chi connectivity index (χ4n) is 2.52. The second-order valence-corrected chi connectivity index (χ2v) is 5.96. The number of halogens is 1. The summed E-state index contributed by atoms with van der Waals surface area (Å²) in [6.45, 7) is 5.51. The molecule has 2 aromatic rings. The Hall–Kier alpha value is -2.43. The van der Waals surface area contributed by atoms with E-state index in [-0.39, 0.29) is 29.9 Å². The highest BCUT2D eigenvalue weighted by atomic mass is 127. The van der Waals surface area contributed by atoms with Gasteiger partial charge in [0.1, 0.15) is 0 Å². The van der Waals surface area contributed by atoms with Crippen LogP contribution in [0.25, 0.3) is 0 Å². The van der Waals surface area contributed by atoms with Crippen LogP contribution in [0.3, 0.4) is 0 Å². The predicted octanol–water partition coefficient (Wildman–Crippen LogP) is 3.42. The number of carbonyl (C=O) groups excluding carboxylic acids is 1. The molecule has 0 radical (unpaired) electrons. The minimum Gasteiger partial charge on any atom is -0.493 e. The molecule has 0 spiro atoms. The van der Waals surface area contributed by atoms with Gasteiger partial charge >= 0.3 is 0 Å². The fraction of sp³-hybridized carbons (Fsp3) is 0.400. The molecule has 1 aromatic carbocycles. The number of aliphatic imine (C=N–C) groups is 1. The zero-order chi connectivity index (χ0) is 20.4. The summed E-state index contributed by atoms with van der Waals surface area (Å²) in [7, 11) is 3.30. The molecule has 0 saturated heterocycles. The zero-order valence-electron chi connectivity index (χ0n) is 17.2. The van der Waals surface area contributed by atoms with Gasteiger partial charge in [-0.05, 0) is 38.5 Å². The SMILES string of the molecule is CCOc1ccc(NC(=NC)NCCCNC(=O)c2occc2C)cc1OC.I. The molecule has 0 saturated carbocycles. The lowest BCUT2D eigenvalue weighted by molar-refractivity contribution is 0.0925. The van der Waals surface area contributed by atoms with Crippen LogP contribution in [-0.2, 0) is 0 Å². The molecular formula is C20H29IN4O4. The Balaban J connectivity index is 0.00000420. The Bertz CT molecular complexity index is 808. The van der Waals surface area contributed by atoms with Crippen molar-refractivity contribution in [2.24, 2.45) is 4.99 Å². The third-order valence-corrected chi connectivity index (χ3v) is 3.95. The van der Waals surface area contributed by atoms with Gasteiger partial charge < -0.3 is 29.8 Å². The minimum absolute atomic E-state index is 0. The molecule has 3 N–H and O–H groups in total. The van der Waals surface area contributed by atoms with Gasteiger partial charge in [-0.3, -0.25) is 9.79 Å². The number of carbonyl (C=O) groups is 1. The smallest absolute Gasteiger partial charge is 0.287 e. The summed E-state index contributed by atoms with van der Waals surface area (Å²) in [6.07, 6.45) is 2.25. The lowest BCUT2D eigenvalue weighted by Gasteiger charge is -2.14. The number of amides is 1. The predicted molar refractivity (Wildman–Crippen MR) is 125 cm³/mol. The highest BCUT2D eigenvalue weighted by Crippen LogP contribution is 2.30. The first kappa shape index (κ1) is 24.6. The Morgan fingerprint density at radius 1 is 1.17 bits per heavy atom. The molecule has 160 valence electrons. The number of nitrogens with zero attached hydrogens (tertiary/aromatic N) is 1. The van der Waals surface area contributed by atoms with Gasteiger partial charge in [0.15, 0.2) is 23.2 Å². The van der Waals surface area contributed by atoms with E-state index in [0.29, 0.717) is 42.9 Å². The Kier molecular flexibility index (Phi) is 11.0. The van der Waals surface area contributed by atoms with E-state index in [1.807, 2.05) is 32.0 Å². The van der Waals surface area contributed by atoms with Gasteiger partial charge in [-0.2, -0.15) is 0 Å². The van der Waals surface area contributed by atoms with E-state index < -0.39 is 0 Å². The molecule has 0 bridgehead atoms. The average Bonchev–Trinajstić information content (AvgIpc) is 3.13. The summed E-state index contributed by atoms with van der Waals surface area (Å²) >= 11 is 0. The van der Waals surface area contributed by atoms with E-state index in [9.17, 15) is 4.79 Å². The van der Waals surface area contributed by atoms with Crippen LogP contribution in [0.1, 0.15) is 29.5 Å². The van der Waals surface area contributed by atoms with Crippen LogP contribution < -0.4 is 25.4 Å². The number of furan rings is 1. The molecule has 8 nitrogen and oxygen atoms in total. The summed E-state index contributed by atoms with van der Waals surface area (Å²) < 4.78 is 16.0. The van der Waals surface area contributed by atoms with Gasteiger partial charge in [0, 0.05) is 37.5 Å². The van der Waals surface area contributed by atoms with Gasteiger partial charge in [-0.25, -0.2) is 0 Å². The Morgan fingerprint density at radius 2 is 1.93 bits per heavy atom. The van der Waals surface area contributed by atoms with Crippen LogP contribution >= 0.6 is 24.0 Å². The van der Waals surface area contributed by atoms with Crippen molar-refractivity contribution in [3.05, 3.63) is 41.9 Å². The fourth-order valence-corrected chi connectivity index (χ4v) is 2.52. The summed E-state index contributed by atoms with van der Waals surface area (Å²) in [4.78, 5) is 16.2. The van der Waals surface area contributed by atoms with E-state index in [2.05, 4.69) is 20.9 Å². The molecular weight excluding hydrogens is 487 g/mol. The van der Waals surface area contributed by atoms with Crippen molar-refractivity contribution in [1.82, 2.24) is 10.6 Å². The lowest BCUT2D eigenvalue weighted by Crippen LogP contribution is -2.33. The van der Waals surface area contributed by atoms with Gasteiger partial charge in [-0.15, -0.1) is 24.0 Å². The normalized spacial score (nSPS) is 10.7. The van der Waals surface area contributed by atoms with E-state index in [0.717, 1.165) is 17.7 Å². The van der Waals surface area contributed by atoms with Gasteiger partial charge in [0.05, 0.1) is 20.0 Å². The first-order chi connectivity index (χ1) is 13.6. The van der Waals surface area contributed by atoms with Gasteiger partial charge in [-0.1, -0.05) is 0 Å². The maximum Gasteiger partial charge on any atom is 0.287 e. The van der Waals surface area contributed by atoms with Crippen molar-refractivity contribution in [3.63, 3.8) is 0 Å². The standard InChI is InChI=1S/C20H28N4O4.HI/c1-5-27-16-8-7-15(13-17(16)26-4)24-20(21-3)23-11-6-10-22-19(25)18-14(2)9-12-28-18;/h7-9,12-13H,5-6,10-11H2,1-4H3,(H,22,25)(H2,21,23,24);1H. The number of ether oxygens (including phenoxy) is 2. The molecule has 0 atom stereocenters. The molecule has 0 unspecified atom stereocenters. The maximum atomic E-state index is 12.0. The van der Waals surface area contributed by atoms with E-state index >= 15 is 0 Å². The summed E-state index contributed by atoms with van der Waals surface area (Å²) in [5.41, 5.74) is 1.65. The average molecular weight is 516 g/mol. The maximum absolute atomic E-state index is 12.0. The number of rotatable bonds is 9. The van der Waals surface area contributed by atoms with Gasteiger partial charge in [0.25, 0.3) is 5.91 Å². The molecule has 1 heterocycles. The van der Waals surface area contributed by atoms with Crippen molar-refractivity contribution >= 4 is 41.5 Å². The van der Waals surface area contributed by atoms with E-state index in [4.69, 9.17) is 13.9 Å². The van der Waals surface area contributed by atoms with Crippen LogP contribution in [0, 0.1) is 6.92 Å². The van der Waals surface area contributed by atoms with E-state index in [1.165, 1.54) is 6.26 Å². The van der Waals surface area contributed by atoms with Crippen molar-refractivity contribution < 1.29 is 18.7 Å². The number of aryl methyl sites for hydroxylation is 1. The van der Waals surface area contributed by atoms with Crippen molar-refractivity contribution in [3.8, 4) is 11.5 Å². The number of benzene rings is 1. The number of hydrogen-bond donors (Lipinski definition) is 3. The molecule has 0 aliphatic rings. The molecule has 9 heteroatoms. The molecule has 0 aliphatic carbocycles. The Labute approximate surface area is 188 Å². The van der Waals surface area contributed by atoms with Crippen LogP contribution in [-0.4, -0.2) is 45.7 Å². The second kappa shape index (κ2) is 12.9. The summed E-state index contributed by atoms with van der Waals surface area (Å²) in [5.74, 6) is 2.13. The van der Waals surface area contributed by atoms with Crippen LogP contribution in [0.4, 0.5) is 5.69 Å². The second-order valence-electron chi connectivity index (χ2n) is 5.96. The monoisotopic (exact) mass is 516 g/mol. The first-order valence-corrected chi connectivity index (χ1v) is 9.19. The van der Waals surface area contributed by atoms with Crippen LogP contribution in [0.2, 0.25) is 0 Å². The number of anilines is 1. The summed E-state index contributed by atoms with van der Waals surface area (Å²) in [5, 5.41) is 9.25. The molecule has 1 aromatic heterocycles. The van der Waals surface area contributed by atoms with E-state index in [1.54, 1.807) is 20.2 Å². The number of methoxy groups -OCH3 is 1. The Morgan fingerprint density at radius 3 is 2.55 bits per heavy atom. The third-order valence-electron chi connectivity index (χ3n) is 3.95. The largest absolute Gasteiger partial charge is 0.493 e. The van der Waals surface area contributed by atoms with Crippen molar-refractivity contribution in [2.75, 3.05) is 39.2 Å². The number of nitrogens with one attached hydrogen (secondary N) is 3. The molecule has 0 aliphatic heterocycles. The highest BCUT2D eigenvalue weighted by Gasteiger charge is 2.11. The highest BCUT2D eigenvalue weighted by molar-refractivity contribution is 14.0. The van der Waals surface area contributed by atoms with Gasteiger partial charge in [0.2, 0.25) is 0 Å². The molecule has 0 fully saturated rings. The topological polar surface area (TPSA) is 97.1 Å². The number of hydrogen-bond acceptors (Lipinski definition) is 5. The summed E-state index contributed by atoms with van der Waals surface area (Å²) in [6, 6.07) is 7.36. The first-order valence-electron chi connectivity index (χ1n) is 9.19. The van der Waals surface area contributed by atoms with Crippen LogP contribution in [0.5, 0.6) is 11.5 Å². The number of guanidine groups is 1. The van der Waals surface area contributed by atoms with Crippen molar-refractivity contribution in [1.29, 1.82) is 0 Å². The molecule has 2 rings (SSSR count). The molecule has 29 heavy (non-hydrogen) atoms. The lowest BCUT2D eigenvalue weighted by atomic mass is 10.2. The molecule has 1 amide bonds.